The largest absolute Gasteiger partial charge is 0.497 e. The number of benzene rings is 1. The highest BCUT2D eigenvalue weighted by Crippen LogP contribution is 2.27. The number of ether oxygens (including phenoxy) is 1. The molecule has 0 saturated carbocycles. The highest BCUT2D eigenvalue weighted by molar-refractivity contribution is 7.13. The molecule has 1 fully saturated rings. The maximum absolute atomic E-state index is 12.5. The number of hydrogen-bond acceptors (Lipinski definition) is 5. The molecule has 1 N–H and O–H groups in total. The number of thiazole rings is 1. The highest BCUT2D eigenvalue weighted by Gasteiger charge is 2.28. The Balaban J connectivity index is 1.66. The minimum Gasteiger partial charge on any atom is -0.497 e. The van der Waals surface area contributed by atoms with Crippen LogP contribution in [-0.2, 0) is 16.0 Å². The van der Waals surface area contributed by atoms with E-state index in [0.717, 1.165) is 22.7 Å². The molecule has 1 aliphatic heterocycles. The van der Waals surface area contributed by atoms with Crippen LogP contribution in [0.15, 0.2) is 29.6 Å². The van der Waals surface area contributed by atoms with Crippen molar-refractivity contribution in [2.24, 2.45) is 5.92 Å². The van der Waals surface area contributed by atoms with E-state index in [0.29, 0.717) is 25.2 Å². The minimum atomic E-state index is -0.827. The van der Waals surface area contributed by atoms with Gasteiger partial charge >= 0.3 is 5.97 Å². The maximum atomic E-state index is 12.5. The zero-order valence-electron chi connectivity index (χ0n) is 14.0. The van der Waals surface area contributed by atoms with Gasteiger partial charge in [0, 0.05) is 24.0 Å². The van der Waals surface area contributed by atoms with Crippen LogP contribution in [0.3, 0.4) is 0 Å². The molecule has 1 aromatic carbocycles. The number of aromatic nitrogens is 1. The first-order chi connectivity index (χ1) is 12.1. The SMILES string of the molecule is COc1cccc(-c2nc(CC(=O)N3CCC[C@H](C(=O)O)C3)cs2)c1. The molecule has 1 aliphatic rings. The maximum Gasteiger partial charge on any atom is 0.308 e. The predicted molar refractivity (Wildman–Crippen MR) is 94.7 cm³/mol. The van der Waals surface area contributed by atoms with Crippen molar-refractivity contribution in [2.75, 3.05) is 20.2 Å². The van der Waals surface area contributed by atoms with Crippen molar-refractivity contribution in [3.05, 3.63) is 35.3 Å². The number of nitrogens with zero attached hydrogens (tertiary/aromatic N) is 2. The van der Waals surface area contributed by atoms with Crippen LogP contribution >= 0.6 is 11.3 Å². The van der Waals surface area contributed by atoms with Gasteiger partial charge in [0.2, 0.25) is 5.91 Å². The van der Waals surface area contributed by atoms with Crippen LogP contribution in [0.2, 0.25) is 0 Å². The molecular weight excluding hydrogens is 340 g/mol. The topological polar surface area (TPSA) is 79.7 Å². The first-order valence-corrected chi connectivity index (χ1v) is 9.04. The Morgan fingerprint density at radius 3 is 3.04 bits per heavy atom. The van der Waals surface area contributed by atoms with Gasteiger partial charge in [-0.3, -0.25) is 9.59 Å². The molecule has 132 valence electrons. The normalized spacial score (nSPS) is 17.3. The third-order valence-corrected chi connectivity index (χ3v) is 5.26. The van der Waals surface area contributed by atoms with E-state index in [1.165, 1.54) is 11.3 Å². The van der Waals surface area contributed by atoms with Crippen molar-refractivity contribution >= 4 is 23.2 Å². The molecule has 0 bridgehead atoms. The Labute approximate surface area is 150 Å². The van der Waals surface area contributed by atoms with Gasteiger partial charge in [-0.25, -0.2) is 4.98 Å². The molecule has 7 heteroatoms. The van der Waals surface area contributed by atoms with Crippen LogP contribution in [0.25, 0.3) is 10.6 Å². The van der Waals surface area contributed by atoms with Gasteiger partial charge in [0.05, 0.1) is 25.1 Å². The fourth-order valence-corrected chi connectivity index (χ4v) is 3.77. The van der Waals surface area contributed by atoms with Crippen molar-refractivity contribution in [1.82, 2.24) is 9.88 Å². The third kappa shape index (κ3) is 4.17. The second kappa shape index (κ2) is 7.65. The smallest absolute Gasteiger partial charge is 0.308 e. The van der Waals surface area contributed by atoms with Gasteiger partial charge in [-0.2, -0.15) is 0 Å². The van der Waals surface area contributed by atoms with Gasteiger partial charge in [-0.15, -0.1) is 11.3 Å². The van der Waals surface area contributed by atoms with Crippen LogP contribution in [0.5, 0.6) is 5.75 Å². The molecule has 0 aliphatic carbocycles. The van der Waals surface area contributed by atoms with Crippen LogP contribution in [0.1, 0.15) is 18.5 Å². The number of hydrogen-bond donors (Lipinski definition) is 1. The molecule has 0 spiro atoms. The van der Waals surface area contributed by atoms with Crippen LogP contribution < -0.4 is 4.74 Å². The molecular formula is C18H20N2O4S. The molecule has 2 aromatic rings. The van der Waals surface area contributed by atoms with Gasteiger partial charge in [-0.05, 0) is 25.0 Å². The quantitative estimate of drug-likeness (QED) is 0.887. The van der Waals surface area contributed by atoms with E-state index >= 15 is 0 Å². The van der Waals surface area contributed by atoms with Crippen molar-refractivity contribution in [3.63, 3.8) is 0 Å². The molecule has 3 rings (SSSR count). The summed E-state index contributed by atoms with van der Waals surface area (Å²) in [5.74, 6) is -0.584. The van der Waals surface area contributed by atoms with E-state index in [2.05, 4.69) is 4.98 Å². The summed E-state index contributed by atoms with van der Waals surface area (Å²) in [5.41, 5.74) is 1.66. The summed E-state index contributed by atoms with van der Waals surface area (Å²) in [6, 6.07) is 7.64. The zero-order chi connectivity index (χ0) is 17.8. The Morgan fingerprint density at radius 2 is 2.28 bits per heavy atom. The fraction of sp³-hybridized carbons (Fsp3) is 0.389. The van der Waals surface area contributed by atoms with Gasteiger partial charge in [-0.1, -0.05) is 12.1 Å². The molecule has 1 amide bonds. The number of carboxylic acid groups (broad SMARTS) is 1. The molecule has 1 saturated heterocycles. The minimum absolute atomic E-state index is 0.0616. The molecule has 1 atom stereocenters. The summed E-state index contributed by atoms with van der Waals surface area (Å²) >= 11 is 1.48. The summed E-state index contributed by atoms with van der Waals surface area (Å²) in [6.45, 7) is 0.913. The third-order valence-electron chi connectivity index (χ3n) is 4.32. The summed E-state index contributed by atoms with van der Waals surface area (Å²) in [4.78, 5) is 29.8. The number of carboxylic acids is 1. The number of rotatable bonds is 5. The van der Waals surface area contributed by atoms with E-state index in [1.54, 1.807) is 12.0 Å². The highest BCUT2D eigenvalue weighted by atomic mass is 32.1. The number of aliphatic carboxylic acids is 1. The van der Waals surface area contributed by atoms with Crippen molar-refractivity contribution < 1.29 is 19.4 Å². The van der Waals surface area contributed by atoms with E-state index < -0.39 is 11.9 Å². The van der Waals surface area contributed by atoms with Crippen molar-refractivity contribution in [1.29, 1.82) is 0 Å². The van der Waals surface area contributed by atoms with E-state index in [9.17, 15) is 9.59 Å². The van der Waals surface area contributed by atoms with Gasteiger partial charge < -0.3 is 14.7 Å². The molecule has 2 heterocycles. The molecule has 0 radical (unpaired) electrons. The van der Waals surface area contributed by atoms with Crippen LogP contribution in [0, 0.1) is 5.92 Å². The first-order valence-electron chi connectivity index (χ1n) is 8.16. The van der Waals surface area contributed by atoms with Crippen molar-refractivity contribution in [2.45, 2.75) is 19.3 Å². The van der Waals surface area contributed by atoms with Crippen LogP contribution in [0.4, 0.5) is 0 Å². The molecule has 6 nitrogen and oxygen atoms in total. The lowest BCUT2D eigenvalue weighted by Gasteiger charge is -2.30. The Kier molecular flexibility index (Phi) is 5.33. The predicted octanol–water partition coefficient (Wildman–Crippen LogP) is 2.68. The van der Waals surface area contributed by atoms with Gasteiger partial charge in [0.1, 0.15) is 10.8 Å². The summed E-state index contributed by atoms with van der Waals surface area (Å²) in [5, 5.41) is 11.9. The number of carbonyl (C=O) groups is 2. The van der Waals surface area contributed by atoms with Gasteiger partial charge in [0.15, 0.2) is 0 Å². The first kappa shape index (κ1) is 17.4. The summed E-state index contributed by atoms with van der Waals surface area (Å²) in [7, 11) is 1.62. The van der Waals surface area contributed by atoms with E-state index in [-0.39, 0.29) is 12.3 Å². The number of methoxy groups -OCH3 is 1. The lowest BCUT2D eigenvalue weighted by molar-refractivity contribution is -0.145. The number of carbonyl (C=O) groups excluding carboxylic acids is 1. The second-order valence-electron chi connectivity index (χ2n) is 6.07. The molecule has 25 heavy (non-hydrogen) atoms. The lowest BCUT2D eigenvalue weighted by atomic mass is 9.98. The molecule has 0 unspecified atom stereocenters. The van der Waals surface area contributed by atoms with E-state index in [1.807, 2.05) is 29.6 Å². The van der Waals surface area contributed by atoms with Crippen molar-refractivity contribution in [3.8, 4) is 16.3 Å². The lowest BCUT2D eigenvalue weighted by Crippen LogP contribution is -2.43. The summed E-state index contributed by atoms with van der Waals surface area (Å²) in [6.07, 6.45) is 1.57. The standard InChI is InChI=1S/C18H20N2O4S/c1-24-15-6-2-4-12(8-15)17-19-14(11-25-17)9-16(21)20-7-3-5-13(10-20)18(22)23/h2,4,6,8,11,13H,3,5,7,9-10H2,1H3,(H,22,23)/t13-/m0/s1. The Bertz CT molecular complexity index is 774. The average Bonchev–Trinajstić information content (AvgIpc) is 3.10. The number of likely N-dealkylation sites (tertiary alicyclic amines) is 1. The molecule has 1 aromatic heterocycles. The van der Waals surface area contributed by atoms with Crippen LogP contribution in [-0.4, -0.2) is 47.1 Å². The Morgan fingerprint density at radius 1 is 1.44 bits per heavy atom. The summed E-state index contributed by atoms with van der Waals surface area (Å²) < 4.78 is 5.22. The fourth-order valence-electron chi connectivity index (χ4n) is 2.95. The monoisotopic (exact) mass is 360 g/mol. The van der Waals surface area contributed by atoms with Gasteiger partial charge in [0.25, 0.3) is 0 Å². The Hall–Kier alpha value is -2.41. The second-order valence-corrected chi connectivity index (χ2v) is 6.93. The number of amides is 1. The zero-order valence-corrected chi connectivity index (χ0v) is 14.8. The number of piperidine rings is 1. The average molecular weight is 360 g/mol. The van der Waals surface area contributed by atoms with E-state index in [4.69, 9.17) is 9.84 Å².